The summed E-state index contributed by atoms with van der Waals surface area (Å²) in [6.45, 7) is 4.71. The molecule has 0 saturated heterocycles. The summed E-state index contributed by atoms with van der Waals surface area (Å²) in [6, 6.07) is 19.9. The second-order valence-corrected chi connectivity index (χ2v) is 8.79. The zero-order chi connectivity index (χ0) is 27.5. The number of rotatable bonds is 9. The number of aromatic nitrogens is 4. The lowest BCUT2D eigenvalue weighted by Crippen LogP contribution is -2.11. The number of hydrogen-bond donors (Lipinski definition) is 4. The van der Waals surface area contributed by atoms with Crippen molar-refractivity contribution in [3.05, 3.63) is 83.7 Å². The zero-order valence-electron chi connectivity index (χ0n) is 21.5. The Morgan fingerprint density at radius 2 is 1.56 bits per heavy atom. The van der Waals surface area contributed by atoms with Crippen LogP contribution in [0.1, 0.15) is 23.9 Å². The molecule has 0 amide bonds. The first-order chi connectivity index (χ1) is 18.8. The maximum Gasteiger partial charge on any atom is 0.327 e. The van der Waals surface area contributed by atoms with Gasteiger partial charge in [0, 0.05) is 35.1 Å². The fourth-order valence-corrected chi connectivity index (χ4v) is 4.10. The van der Waals surface area contributed by atoms with Crippen molar-refractivity contribution < 1.29 is 14.2 Å². The number of amidine groups is 1. The Morgan fingerprint density at radius 3 is 2.26 bits per heavy atom. The van der Waals surface area contributed by atoms with E-state index in [1.807, 2.05) is 48.7 Å². The lowest BCUT2D eigenvalue weighted by Gasteiger charge is -2.12. The molecule has 0 aliphatic carbocycles. The molecule has 0 atom stereocenters. The normalized spacial score (nSPS) is 10.9. The van der Waals surface area contributed by atoms with Crippen molar-refractivity contribution in [2.75, 3.05) is 18.1 Å². The summed E-state index contributed by atoms with van der Waals surface area (Å²) in [5, 5.41) is 7.89. The van der Waals surface area contributed by atoms with Gasteiger partial charge in [0.15, 0.2) is 11.2 Å². The number of nitrogen functional groups attached to an aromatic ring is 3. The Morgan fingerprint density at radius 1 is 0.872 bits per heavy atom. The fraction of sp³-hybridized carbons (Fsp3) is 0.143. The Kier molecular flexibility index (Phi) is 6.87. The van der Waals surface area contributed by atoms with Crippen molar-refractivity contribution >= 4 is 28.4 Å². The number of imidazole rings is 1. The van der Waals surface area contributed by atoms with Gasteiger partial charge in [0.05, 0.1) is 13.2 Å². The highest BCUT2D eigenvalue weighted by Gasteiger charge is 2.20. The lowest BCUT2D eigenvalue weighted by atomic mass is 10.2. The summed E-state index contributed by atoms with van der Waals surface area (Å²) in [6.07, 6.45) is 0. The first kappa shape index (κ1) is 25.3. The average Bonchev–Trinajstić information content (AvgIpc) is 3.19. The van der Waals surface area contributed by atoms with Gasteiger partial charge >= 0.3 is 6.01 Å². The van der Waals surface area contributed by atoms with Gasteiger partial charge in [-0.3, -0.25) is 5.41 Å². The smallest absolute Gasteiger partial charge is 0.327 e. The number of nitrogens with zero attached hydrogens (tertiary/aromatic N) is 4. The van der Waals surface area contributed by atoms with Crippen LogP contribution in [0.4, 0.5) is 11.4 Å². The minimum absolute atomic E-state index is 0.0180. The number of benzene rings is 3. The molecular weight excluding hydrogens is 496 g/mol. The minimum Gasteiger partial charge on any atom is -0.494 e. The lowest BCUT2D eigenvalue weighted by molar-refractivity contribution is 0.337. The zero-order valence-corrected chi connectivity index (χ0v) is 21.5. The minimum atomic E-state index is -0.125. The number of fused-ring (bicyclic) bond motifs is 1. The maximum absolute atomic E-state index is 7.89. The molecule has 2 heterocycles. The summed E-state index contributed by atoms with van der Waals surface area (Å²) < 4.78 is 19.8. The molecular formula is C28H28N8O3. The predicted molar refractivity (Wildman–Crippen MR) is 150 cm³/mol. The molecule has 11 nitrogen and oxygen atoms in total. The molecule has 5 aromatic rings. The highest BCUT2D eigenvalue weighted by Crippen LogP contribution is 2.34. The van der Waals surface area contributed by atoms with Crippen LogP contribution in [0, 0.1) is 12.3 Å². The summed E-state index contributed by atoms with van der Waals surface area (Å²) in [5.74, 6) is 1.99. The van der Waals surface area contributed by atoms with E-state index in [1.54, 1.807) is 36.4 Å². The van der Waals surface area contributed by atoms with Gasteiger partial charge in [-0.2, -0.15) is 9.97 Å². The van der Waals surface area contributed by atoms with E-state index in [-0.39, 0.29) is 17.7 Å². The number of hydrogen-bond acceptors (Lipinski definition) is 9. The highest BCUT2D eigenvalue weighted by atomic mass is 16.5. The maximum atomic E-state index is 7.89. The van der Waals surface area contributed by atoms with Crippen LogP contribution in [0.25, 0.3) is 11.2 Å². The van der Waals surface area contributed by atoms with Gasteiger partial charge in [0.2, 0.25) is 0 Å². The van der Waals surface area contributed by atoms with Crippen LogP contribution in [0.3, 0.4) is 0 Å². The van der Waals surface area contributed by atoms with Crippen LogP contribution in [-0.2, 0) is 6.54 Å². The molecule has 0 fully saturated rings. The van der Waals surface area contributed by atoms with Crippen LogP contribution in [0.2, 0.25) is 0 Å². The van der Waals surface area contributed by atoms with Crippen LogP contribution < -0.4 is 31.4 Å². The van der Waals surface area contributed by atoms with Gasteiger partial charge in [0.25, 0.3) is 5.88 Å². The predicted octanol–water partition coefficient (Wildman–Crippen LogP) is 4.61. The number of ether oxygens (including phenoxy) is 3. The van der Waals surface area contributed by atoms with E-state index in [9.17, 15) is 0 Å². The molecule has 2 aromatic heterocycles. The summed E-state index contributed by atoms with van der Waals surface area (Å²) in [4.78, 5) is 13.9. The summed E-state index contributed by atoms with van der Waals surface area (Å²) in [5.41, 5.74) is 21.0. The first-order valence-corrected chi connectivity index (χ1v) is 12.2. The number of nitrogens with two attached hydrogens (primary N) is 3. The second-order valence-electron chi connectivity index (χ2n) is 8.79. The molecule has 3 aromatic carbocycles. The summed E-state index contributed by atoms with van der Waals surface area (Å²) in [7, 11) is 0. The number of nitrogens with one attached hydrogen (secondary N) is 1. The van der Waals surface area contributed by atoms with Crippen molar-refractivity contribution in [3.8, 4) is 29.1 Å². The molecule has 0 saturated carbocycles. The van der Waals surface area contributed by atoms with Crippen molar-refractivity contribution in [1.82, 2.24) is 19.5 Å². The molecule has 11 heteroatoms. The largest absolute Gasteiger partial charge is 0.494 e. The van der Waals surface area contributed by atoms with E-state index in [0.29, 0.717) is 64.3 Å². The molecule has 0 spiro atoms. The van der Waals surface area contributed by atoms with Crippen molar-refractivity contribution in [2.45, 2.75) is 20.4 Å². The standard InChI is InChI=1S/C28H28N8O3/c1-3-37-21-9-18(25(31)32)10-22(14-21)38-27-24-26(36(16(2)33-24)15-17-7-5-4-6-8-17)34-28(35-27)39-23-12-19(29)11-20(30)13-23/h4-14H,3,15,29-30H2,1-2H3,(H3,31,32). The van der Waals surface area contributed by atoms with E-state index in [4.69, 9.17) is 41.8 Å². The van der Waals surface area contributed by atoms with Gasteiger partial charge in [-0.15, -0.1) is 0 Å². The van der Waals surface area contributed by atoms with Crippen molar-refractivity contribution in [2.24, 2.45) is 5.73 Å². The van der Waals surface area contributed by atoms with Crippen LogP contribution in [-0.4, -0.2) is 32.0 Å². The SMILES string of the molecule is CCOc1cc(Oc2nc(Oc3cc(N)cc(N)c3)nc3c2nc(C)n3Cc2ccccc2)cc(C(=N)N)c1. The summed E-state index contributed by atoms with van der Waals surface area (Å²) >= 11 is 0. The van der Waals surface area contributed by atoms with E-state index in [2.05, 4.69) is 9.97 Å². The van der Waals surface area contributed by atoms with Gasteiger partial charge in [-0.1, -0.05) is 30.3 Å². The van der Waals surface area contributed by atoms with E-state index >= 15 is 0 Å². The molecule has 0 aliphatic rings. The first-order valence-electron chi connectivity index (χ1n) is 12.2. The van der Waals surface area contributed by atoms with Crippen molar-refractivity contribution in [1.29, 1.82) is 5.41 Å². The monoisotopic (exact) mass is 524 g/mol. The van der Waals surface area contributed by atoms with Crippen LogP contribution in [0.5, 0.6) is 29.1 Å². The quantitative estimate of drug-likeness (QED) is 0.122. The van der Waals surface area contributed by atoms with Gasteiger partial charge < -0.3 is 36.0 Å². The topological polar surface area (TPSA) is 173 Å². The van der Waals surface area contributed by atoms with E-state index < -0.39 is 0 Å². The Bertz CT molecular complexity index is 1650. The van der Waals surface area contributed by atoms with Crippen molar-refractivity contribution in [3.63, 3.8) is 0 Å². The Labute approximate surface area is 224 Å². The molecule has 198 valence electrons. The average molecular weight is 525 g/mol. The van der Waals surface area contributed by atoms with Crippen LogP contribution in [0.15, 0.2) is 66.7 Å². The molecule has 0 unspecified atom stereocenters. The molecule has 5 rings (SSSR count). The van der Waals surface area contributed by atoms with Gasteiger partial charge in [0.1, 0.15) is 28.9 Å². The third kappa shape index (κ3) is 5.67. The second kappa shape index (κ2) is 10.6. The van der Waals surface area contributed by atoms with Gasteiger partial charge in [-0.05, 0) is 37.6 Å². The molecule has 39 heavy (non-hydrogen) atoms. The Balaban J connectivity index is 1.63. The third-order valence-electron chi connectivity index (χ3n) is 5.79. The van der Waals surface area contributed by atoms with E-state index in [0.717, 1.165) is 5.56 Å². The Hall–Kier alpha value is -5.32. The fourth-order valence-electron chi connectivity index (χ4n) is 4.10. The molecule has 0 aliphatic heterocycles. The molecule has 7 N–H and O–H groups in total. The molecule has 0 bridgehead atoms. The highest BCUT2D eigenvalue weighted by molar-refractivity contribution is 5.95. The number of aryl methyl sites for hydroxylation is 1. The third-order valence-corrected chi connectivity index (χ3v) is 5.79. The molecule has 0 radical (unpaired) electrons. The van der Waals surface area contributed by atoms with Crippen LogP contribution >= 0.6 is 0 Å². The van der Waals surface area contributed by atoms with Gasteiger partial charge in [-0.25, -0.2) is 4.98 Å². The number of anilines is 2. The van der Waals surface area contributed by atoms with E-state index in [1.165, 1.54) is 0 Å².